The Morgan fingerprint density at radius 1 is 0.842 bits per heavy atom. The number of aryl methyl sites for hydroxylation is 4. The van der Waals surface area contributed by atoms with E-state index in [0.717, 1.165) is 6.42 Å². The van der Waals surface area contributed by atoms with Crippen molar-refractivity contribution in [3.05, 3.63) is 69.8 Å². The van der Waals surface area contributed by atoms with E-state index in [1.165, 1.54) is 33.4 Å². The molecular weight excluding hydrogens is 296 g/mol. The Labute approximate surface area is 125 Å². The Morgan fingerprint density at radius 3 is 2.11 bits per heavy atom. The molecule has 0 bridgehead atoms. The molecule has 19 heavy (non-hydrogen) atoms. The van der Waals surface area contributed by atoms with E-state index in [1.807, 2.05) is 0 Å². The molecule has 0 aliphatic heterocycles. The standard InChI is InChI=1S/C18H21Br/c1-12-5-7-14(3)16(9-12)11-18(19)17-10-13(2)6-8-15(17)4/h5-10,18H,11H2,1-4H3. The second-order valence-corrected chi connectivity index (χ2v) is 6.57. The zero-order valence-corrected chi connectivity index (χ0v) is 13.7. The smallest absolute Gasteiger partial charge is 0.0438 e. The summed E-state index contributed by atoms with van der Waals surface area (Å²) in [7, 11) is 0. The van der Waals surface area contributed by atoms with Gasteiger partial charge in [-0.2, -0.15) is 0 Å². The third kappa shape index (κ3) is 3.48. The third-order valence-corrected chi connectivity index (χ3v) is 4.49. The molecule has 0 radical (unpaired) electrons. The minimum atomic E-state index is 0.382. The first-order valence-electron chi connectivity index (χ1n) is 6.74. The molecular formula is C18H21Br. The predicted octanol–water partition coefficient (Wildman–Crippen LogP) is 5.60. The Morgan fingerprint density at radius 2 is 1.42 bits per heavy atom. The first-order chi connectivity index (χ1) is 8.97. The molecule has 0 N–H and O–H groups in total. The van der Waals surface area contributed by atoms with Gasteiger partial charge in [0.05, 0.1) is 0 Å². The number of halogens is 1. The van der Waals surface area contributed by atoms with Crippen LogP contribution in [0.1, 0.15) is 38.2 Å². The van der Waals surface area contributed by atoms with Gasteiger partial charge in [0.2, 0.25) is 0 Å². The summed E-state index contributed by atoms with van der Waals surface area (Å²) >= 11 is 3.87. The average Bonchev–Trinajstić information content (AvgIpc) is 2.36. The van der Waals surface area contributed by atoms with Gasteiger partial charge in [-0.05, 0) is 56.4 Å². The fourth-order valence-corrected chi connectivity index (χ4v) is 3.26. The van der Waals surface area contributed by atoms with E-state index < -0.39 is 0 Å². The second kappa shape index (κ2) is 5.92. The van der Waals surface area contributed by atoms with E-state index in [4.69, 9.17) is 0 Å². The van der Waals surface area contributed by atoms with Gasteiger partial charge in [0.1, 0.15) is 0 Å². The Kier molecular flexibility index (Phi) is 4.46. The van der Waals surface area contributed by atoms with E-state index in [-0.39, 0.29) is 0 Å². The van der Waals surface area contributed by atoms with E-state index in [9.17, 15) is 0 Å². The molecule has 0 spiro atoms. The molecule has 0 amide bonds. The lowest BCUT2D eigenvalue weighted by Gasteiger charge is -2.16. The molecule has 0 fully saturated rings. The first kappa shape index (κ1) is 14.3. The van der Waals surface area contributed by atoms with Crippen LogP contribution in [0.5, 0.6) is 0 Å². The van der Waals surface area contributed by atoms with Gasteiger partial charge in [-0.1, -0.05) is 63.5 Å². The van der Waals surface area contributed by atoms with Gasteiger partial charge in [0.25, 0.3) is 0 Å². The SMILES string of the molecule is Cc1ccc(C)c(CC(Br)c2cc(C)ccc2C)c1. The summed E-state index contributed by atoms with van der Waals surface area (Å²) in [5, 5.41) is 0. The number of hydrogen-bond donors (Lipinski definition) is 0. The van der Waals surface area contributed by atoms with Crippen LogP contribution in [0.4, 0.5) is 0 Å². The fourth-order valence-electron chi connectivity index (χ4n) is 2.42. The van der Waals surface area contributed by atoms with Crippen molar-refractivity contribution in [1.29, 1.82) is 0 Å². The van der Waals surface area contributed by atoms with E-state index in [1.54, 1.807) is 0 Å². The van der Waals surface area contributed by atoms with Crippen molar-refractivity contribution in [2.75, 3.05) is 0 Å². The van der Waals surface area contributed by atoms with Crippen LogP contribution in [0.15, 0.2) is 36.4 Å². The van der Waals surface area contributed by atoms with Crippen molar-refractivity contribution in [3.8, 4) is 0 Å². The maximum absolute atomic E-state index is 3.87. The van der Waals surface area contributed by atoms with Crippen LogP contribution >= 0.6 is 15.9 Å². The molecule has 0 saturated heterocycles. The highest BCUT2D eigenvalue weighted by molar-refractivity contribution is 9.09. The zero-order chi connectivity index (χ0) is 14.0. The molecule has 0 aliphatic rings. The van der Waals surface area contributed by atoms with Gasteiger partial charge in [-0.25, -0.2) is 0 Å². The number of hydrogen-bond acceptors (Lipinski definition) is 0. The van der Waals surface area contributed by atoms with Crippen molar-refractivity contribution < 1.29 is 0 Å². The molecule has 1 atom stereocenters. The molecule has 2 aromatic rings. The minimum Gasteiger partial charge on any atom is -0.0835 e. The molecule has 2 aromatic carbocycles. The van der Waals surface area contributed by atoms with E-state index >= 15 is 0 Å². The number of alkyl halides is 1. The summed E-state index contributed by atoms with van der Waals surface area (Å²) in [6.07, 6.45) is 1.04. The molecule has 1 heteroatoms. The molecule has 100 valence electrons. The lowest BCUT2D eigenvalue weighted by molar-refractivity contribution is 0.924. The lowest BCUT2D eigenvalue weighted by Crippen LogP contribution is -2.00. The first-order valence-corrected chi connectivity index (χ1v) is 7.66. The molecule has 0 heterocycles. The maximum Gasteiger partial charge on any atom is 0.0438 e. The van der Waals surface area contributed by atoms with Gasteiger partial charge in [-0.15, -0.1) is 0 Å². The fraction of sp³-hybridized carbons (Fsp3) is 0.333. The molecule has 0 saturated carbocycles. The minimum absolute atomic E-state index is 0.382. The van der Waals surface area contributed by atoms with Crippen LogP contribution in [-0.4, -0.2) is 0 Å². The summed E-state index contributed by atoms with van der Waals surface area (Å²) in [6.45, 7) is 8.69. The van der Waals surface area contributed by atoms with Crippen molar-refractivity contribution in [2.45, 2.75) is 38.9 Å². The van der Waals surface area contributed by atoms with Crippen LogP contribution < -0.4 is 0 Å². The lowest BCUT2D eigenvalue weighted by atomic mass is 9.96. The summed E-state index contributed by atoms with van der Waals surface area (Å²) in [6, 6.07) is 13.4. The summed E-state index contributed by atoms with van der Waals surface area (Å²) in [5.74, 6) is 0. The average molecular weight is 317 g/mol. The van der Waals surface area contributed by atoms with Gasteiger partial charge in [0, 0.05) is 4.83 Å². The maximum atomic E-state index is 3.87. The highest BCUT2D eigenvalue weighted by atomic mass is 79.9. The molecule has 0 aromatic heterocycles. The molecule has 0 aliphatic carbocycles. The predicted molar refractivity (Wildman–Crippen MR) is 87.2 cm³/mol. The highest BCUT2D eigenvalue weighted by Gasteiger charge is 2.12. The molecule has 1 unspecified atom stereocenters. The molecule has 0 nitrogen and oxygen atoms in total. The van der Waals surface area contributed by atoms with Crippen LogP contribution in [0.25, 0.3) is 0 Å². The quantitative estimate of drug-likeness (QED) is 0.647. The van der Waals surface area contributed by atoms with Crippen molar-refractivity contribution in [3.63, 3.8) is 0 Å². The Bertz CT molecular complexity index is 584. The van der Waals surface area contributed by atoms with Crippen LogP contribution in [0, 0.1) is 27.7 Å². The van der Waals surface area contributed by atoms with Gasteiger partial charge >= 0.3 is 0 Å². The van der Waals surface area contributed by atoms with Gasteiger partial charge in [0.15, 0.2) is 0 Å². The summed E-state index contributed by atoms with van der Waals surface area (Å²) in [4.78, 5) is 0.382. The highest BCUT2D eigenvalue weighted by Crippen LogP contribution is 2.31. The van der Waals surface area contributed by atoms with Crippen molar-refractivity contribution >= 4 is 15.9 Å². The monoisotopic (exact) mass is 316 g/mol. The van der Waals surface area contributed by atoms with Gasteiger partial charge < -0.3 is 0 Å². The molecule has 2 rings (SSSR count). The Hall–Kier alpha value is -1.08. The summed E-state index contributed by atoms with van der Waals surface area (Å²) in [5.41, 5.74) is 8.23. The largest absolute Gasteiger partial charge is 0.0835 e. The van der Waals surface area contributed by atoms with E-state index in [0.29, 0.717) is 4.83 Å². The number of rotatable bonds is 3. The topological polar surface area (TPSA) is 0 Å². The summed E-state index contributed by atoms with van der Waals surface area (Å²) < 4.78 is 0. The Balaban J connectivity index is 2.27. The number of benzene rings is 2. The van der Waals surface area contributed by atoms with Crippen LogP contribution in [0.2, 0.25) is 0 Å². The normalized spacial score (nSPS) is 12.5. The van der Waals surface area contributed by atoms with Crippen LogP contribution in [0.3, 0.4) is 0 Å². The van der Waals surface area contributed by atoms with E-state index in [2.05, 4.69) is 80.0 Å². The third-order valence-electron chi connectivity index (χ3n) is 3.68. The zero-order valence-electron chi connectivity index (χ0n) is 12.1. The van der Waals surface area contributed by atoms with Crippen molar-refractivity contribution in [1.82, 2.24) is 0 Å². The van der Waals surface area contributed by atoms with Crippen molar-refractivity contribution in [2.24, 2.45) is 0 Å². The second-order valence-electron chi connectivity index (χ2n) is 5.46. The van der Waals surface area contributed by atoms with Crippen LogP contribution in [-0.2, 0) is 6.42 Å². The van der Waals surface area contributed by atoms with Gasteiger partial charge in [-0.3, -0.25) is 0 Å².